The molecule has 5 heteroatoms. The zero-order chi connectivity index (χ0) is 14.8. The third kappa shape index (κ3) is 3.14. The van der Waals surface area contributed by atoms with Crippen LogP contribution in [0.25, 0.3) is 0 Å². The standard InChI is InChI=1S/C15H26N2O3/c1-3-15(4-2,10-18)9-16-14(20)11-7-13(19)17(8-11)12-5-6-12/h11-12,18H,3-10H2,1-2H3,(H,16,20). The van der Waals surface area contributed by atoms with Crippen molar-refractivity contribution in [2.45, 2.75) is 52.0 Å². The maximum Gasteiger partial charge on any atom is 0.225 e. The largest absolute Gasteiger partial charge is 0.396 e. The molecule has 1 saturated carbocycles. The van der Waals surface area contributed by atoms with Crippen molar-refractivity contribution in [2.24, 2.45) is 11.3 Å². The Labute approximate surface area is 120 Å². The van der Waals surface area contributed by atoms with E-state index in [1.54, 1.807) is 0 Å². The molecule has 1 unspecified atom stereocenters. The Hall–Kier alpha value is -1.10. The van der Waals surface area contributed by atoms with Gasteiger partial charge in [-0.3, -0.25) is 9.59 Å². The fourth-order valence-electron chi connectivity index (χ4n) is 2.84. The first-order valence-electron chi connectivity index (χ1n) is 7.73. The Morgan fingerprint density at radius 1 is 1.40 bits per heavy atom. The van der Waals surface area contributed by atoms with Crippen molar-refractivity contribution >= 4 is 11.8 Å². The Morgan fingerprint density at radius 3 is 2.55 bits per heavy atom. The van der Waals surface area contributed by atoms with Crippen LogP contribution in [0.4, 0.5) is 0 Å². The summed E-state index contributed by atoms with van der Waals surface area (Å²) in [6.45, 7) is 5.20. The molecule has 0 aromatic heterocycles. The first-order chi connectivity index (χ1) is 9.55. The van der Waals surface area contributed by atoms with Gasteiger partial charge in [0.25, 0.3) is 0 Å². The van der Waals surface area contributed by atoms with Crippen LogP contribution in [0.3, 0.4) is 0 Å². The quantitative estimate of drug-likeness (QED) is 0.729. The van der Waals surface area contributed by atoms with Crippen molar-refractivity contribution in [3.63, 3.8) is 0 Å². The van der Waals surface area contributed by atoms with Crippen molar-refractivity contribution in [1.82, 2.24) is 10.2 Å². The molecule has 1 heterocycles. The zero-order valence-corrected chi connectivity index (χ0v) is 12.5. The summed E-state index contributed by atoms with van der Waals surface area (Å²) < 4.78 is 0. The molecule has 2 amide bonds. The number of nitrogens with one attached hydrogen (secondary N) is 1. The van der Waals surface area contributed by atoms with E-state index in [-0.39, 0.29) is 29.8 Å². The molecule has 0 spiro atoms. The van der Waals surface area contributed by atoms with E-state index in [1.807, 2.05) is 18.7 Å². The Balaban J connectivity index is 1.84. The molecule has 2 aliphatic rings. The smallest absolute Gasteiger partial charge is 0.225 e. The van der Waals surface area contributed by atoms with Crippen LogP contribution < -0.4 is 5.32 Å². The maximum absolute atomic E-state index is 12.2. The van der Waals surface area contributed by atoms with Crippen molar-refractivity contribution in [3.05, 3.63) is 0 Å². The molecule has 2 N–H and O–H groups in total. The van der Waals surface area contributed by atoms with E-state index in [9.17, 15) is 14.7 Å². The van der Waals surface area contributed by atoms with E-state index in [0.29, 0.717) is 25.6 Å². The summed E-state index contributed by atoms with van der Waals surface area (Å²) in [6.07, 6.45) is 4.17. The summed E-state index contributed by atoms with van der Waals surface area (Å²) in [5, 5.41) is 12.4. The van der Waals surface area contributed by atoms with Crippen LogP contribution in [-0.4, -0.2) is 47.6 Å². The van der Waals surface area contributed by atoms with Gasteiger partial charge in [-0.1, -0.05) is 13.8 Å². The normalized spacial score (nSPS) is 23.2. The average Bonchev–Trinajstić information content (AvgIpc) is 3.23. The number of carbonyl (C=O) groups excluding carboxylic acids is 2. The number of aliphatic hydroxyl groups excluding tert-OH is 1. The third-order valence-electron chi connectivity index (χ3n) is 4.99. The summed E-state index contributed by atoms with van der Waals surface area (Å²) >= 11 is 0. The minimum absolute atomic E-state index is 0.0405. The van der Waals surface area contributed by atoms with Crippen LogP contribution in [0.5, 0.6) is 0 Å². The lowest BCUT2D eigenvalue weighted by atomic mass is 9.83. The summed E-state index contributed by atoms with van der Waals surface area (Å²) in [5.74, 6) is -0.138. The van der Waals surface area contributed by atoms with E-state index in [4.69, 9.17) is 0 Å². The van der Waals surface area contributed by atoms with Crippen LogP contribution in [0, 0.1) is 11.3 Å². The Morgan fingerprint density at radius 2 is 2.05 bits per heavy atom. The van der Waals surface area contributed by atoms with E-state index in [0.717, 1.165) is 25.7 Å². The van der Waals surface area contributed by atoms with Crippen LogP contribution in [-0.2, 0) is 9.59 Å². The summed E-state index contributed by atoms with van der Waals surface area (Å²) in [6, 6.07) is 0.392. The number of likely N-dealkylation sites (tertiary alicyclic amines) is 1. The van der Waals surface area contributed by atoms with E-state index >= 15 is 0 Å². The van der Waals surface area contributed by atoms with Gasteiger partial charge in [0, 0.05) is 31.0 Å². The molecule has 1 saturated heterocycles. The zero-order valence-electron chi connectivity index (χ0n) is 12.5. The lowest BCUT2D eigenvalue weighted by molar-refractivity contribution is -0.129. The highest BCUT2D eigenvalue weighted by atomic mass is 16.3. The molecular weight excluding hydrogens is 256 g/mol. The molecule has 0 bridgehead atoms. The predicted octanol–water partition coefficient (Wildman–Crippen LogP) is 0.912. The predicted molar refractivity (Wildman–Crippen MR) is 76.0 cm³/mol. The highest BCUT2D eigenvalue weighted by Gasteiger charge is 2.42. The maximum atomic E-state index is 12.2. The van der Waals surface area contributed by atoms with Gasteiger partial charge in [-0.05, 0) is 25.7 Å². The van der Waals surface area contributed by atoms with Crippen LogP contribution in [0.2, 0.25) is 0 Å². The minimum Gasteiger partial charge on any atom is -0.396 e. The molecule has 0 aromatic rings. The second-order valence-electron chi connectivity index (χ2n) is 6.26. The van der Waals surface area contributed by atoms with E-state index in [2.05, 4.69) is 5.32 Å². The highest BCUT2D eigenvalue weighted by molar-refractivity contribution is 5.89. The molecule has 1 atom stereocenters. The van der Waals surface area contributed by atoms with Gasteiger partial charge >= 0.3 is 0 Å². The van der Waals surface area contributed by atoms with Gasteiger partial charge in [0.2, 0.25) is 11.8 Å². The van der Waals surface area contributed by atoms with Gasteiger partial charge in [0.05, 0.1) is 12.5 Å². The topological polar surface area (TPSA) is 69.6 Å². The lowest BCUT2D eigenvalue weighted by Crippen LogP contribution is -2.42. The number of rotatable bonds is 7. The second kappa shape index (κ2) is 6.12. The minimum atomic E-state index is -0.228. The first kappa shape index (κ1) is 15.3. The first-order valence-corrected chi connectivity index (χ1v) is 7.73. The van der Waals surface area contributed by atoms with Crippen LogP contribution in [0.1, 0.15) is 46.0 Å². The molecule has 2 rings (SSSR count). The van der Waals surface area contributed by atoms with Crippen molar-refractivity contribution in [3.8, 4) is 0 Å². The molecule has 114 valence electrons. The number of hydrogen-bond donors (Lipinski definition) is 2. The van der Waals surface area contributed by atoms with Gasteiger partial charge in [0.15, 0.2) is 0 Å². The fourth-order valence-corrected chi connectivity index (χ4v) is 2.84. The van der Waals surface area contributed by atoms with Crippen molar-refractivity contribution < 1.29 is 14.7 Å². The number of amides is 2. The molecule has 1 aliphatic carbocycles. The monoisotopic (exact) mass is 282 g/mol. The van der Waals surface area contributed by atoms with E-state index < -0.39 is 0 Å². The molecular formula is C15H26N2O3. The lowest BCUT2D eigenvalue weighted by Gasteiger charge is -2.30. The van der Waals surface area contributed by atoms with Gasteiger partial charge in [-0.25, -0.2) is 0 Å². The fraction of sp³-hybridized carbons (Fsp3) is 0.867. The number of aliphatic hydroxyl groups is 1. The van der Waals surface area contributed by atoms with Crippen LogP contribution in [0.15, 0.2) is 0 Å². The van der Waals surface area contributed by atoms with Crippen molar-refractivity contribution in [1.29, 1.82) is 0 Å². The molecule has 0 radical (unpaired) electrons. The average molecular weight is 282 g/mol. The summed E-state index contributed by atoms with van der Waals surface area (Å²) in [5.41, 5.74) is -0.228. The third-order valence-corrected chi connectivity index (χ3v) is 4.99. The number of hydrogen-bond acceptors (Lipinski definition) is 3. The highest BCUT2D eigenvalue weighted by Crippen LogP contribution is 2.32. The van der Waals surface area contributed by atoms with Gasteiger partial charge in [0.1, 0.15) is 0 Å². The Kier molecular flexibility index (Phi) is 4.68. The van der Waals surface area contributed by atoms with Gasteiger partial charge in [-0.2, -0.15) is 0 Å². The van der Waals surface area contributed by atoms with Gasteiger partial charge in [-0.15, -0.1) is 0 Å². The molecule has 2 fully saturated rings. The van der Waals surface area contributed by atoms with Gasteiger partial charge < -0.3 is 15.3 Å². The van der Waals surface area contributed by atoms with E-state index in [1.165, 1.54) is 0 Å². The number of nitrogens with zero attached hydrogens (tertiary/aromatic N) is 1. The molecule has 1 aliphatic heterocycles. The SMILES string of the molecule is CCC(CC)(CO)CNC(=O)C1CC(=O)N(C2CC2)C1. The molecule has 0 aromatic carbocycles. The van der Waals surface area contributed by atoms with Crippen molar-refractivity contribution in [2.75, 3.05) is 19.7 Å². The van der Waals surface area contributed by atoms with Crippen LogP contribution >= 0.6 is 0 Å². The second-order valence-corrected chi connectivity index (χ2v) is 6.26. The summed E-state index contributed by atoms with van der Waals surface area (Å²) in [7, 11) is 0. The molecule has 5 nitrogen and oxygen atoms in total. The Bertz CT molecular complexity index is 367. The summed E-state index contributed by atoms with van der Waals surface area (Å²) in [4.78, 5) is 25.9. The number of carbonyl (C=O) groups is 2. The molecule has 20 heavy (non-hydrogen) atoms.